The number of hydrogen-bond acceptors (Lipinski definition) is 4. The molecule has 0 radical (unpaired) electrons. The van der Waals surface area contributed by atoms with Crippen molar-refractivity contribution < 1.29 is 8.42 Å². The molecule has 1 aliphatic rings. The molecule has 0 aromatic rings. The molecule has 0 aliphatic carbocycles. The van der Waals surface area contributed by atoms with E-state index in [1.807, 2.05) is 0 Å². The van der Waals surface area contributed by atoms with Crippen LogP contribution >= 0.6 is 24.0 Å². The van der Waals surface area contributed by atoms with Gasteiger partial charge in [0, 0.05) is 24.3 Å². The molecule has 0 spiro atoms. The Balaban J connectivity index is 2.86. The van der Waals surface area contributed by atoms with E-state index in [4.69, 9.17) is 18.0 Å². The Morgan fingerprint density at radius 1 is 1.69 bits per heavy atom. The molecule has 13 heavy (non-hydrogen) atoms. The fourth-order valence-electron chi connectivity index (χ4n) is 1.19. The zero-order chi connectivity index (χ0) is 10.1. The van der Waals surface area contributed by atoms with Gasteiger partial charge in [0.1, 0.15) is 5.37 Å². The van der Waals surface area contributed by atoms with Crippen LogP contribution in [0.1, 0.15) is 0 Å². The Hall–Kier alpha value is -0.0100. The van der Waals surface area contributed by atoms with Crippen LogP contribution in [0.4, 0.5) is 0 Å². The van der Waals surface area contributed by atoms with Gasteiger partial charge < -0.3 is 10.6 Å². The summed E-state index contributed by atoms with van der Waals surface area (Å²) in [5.41, 5.74) is 5.44. The predicted molar refractivity (Wildman–Crippen MR) is 59.4 cm³/mol. The Labute approximate surface area is 87.8 Å². The molecule has 0 aromatic heterocycles. The van der Waals surface area contributed by atoms with E-state index in [1.54, 1.807) is 16.7 Å². The lowest BCUT2D eigenvalue weighted by Gasteiger charge is -2.34. The van der Waals surface area contributed by atoms with Crippen LogP contribution in [0.15, 0.2) is 0 Å². The van der Waals surface area contributed by atoms with Crippen LogP contribution in [0.2, 0.25) is 0 Å². The van der Waals surface area contributed by atoms with Gasteiger partial charge in [-0.1, -0.05) is 0 Å². The van der Waals surface area contributed by atoms with E-state index in [9.17, 15) is 8.42 Å². The van der Waals surface area contributed by atoms with E-state index in [-0.39, 0.29) is 5.11 Å². The molecule has 1 aliphatic heterocycles. The summed E-state index contributed by atoms with van der Waals surface area (Å²) in [6, 6.07) is 0. The average molecular weight is 240 g/mol. The van der Waals surface area contributed by atoms with Crippen molar-refractivity contribution in [2.75, 3.05) is 24.3 Å². The third-order valence-electron chi connectivity index (χ3n) is 1.86. The van der Waals surface area contributed by atoms with Crippen LogP contribution in [0.5, 0.6) is 0 Å². The van der Waals surface area contributed by atoms with E-state index < -0.39 is 15.2 Å². The van der Waals surface area contributed by atoms with Crippen molar-refractivity contribution >= 4 is 38.9 Å². The van der Waals surface area contributed by atoms with E-state index in [2.05, 4.69) is 0 Å². The largest absolute Gasteiger partial charge is 0.376 e. The third-order valence-corrected chi connectivity index (χ3v) is 4.74. The van der Waals surface area contributed by atoms with Gasteiger partial charge in [0.15, 0.2) is 14.9 Å². The highest BCUT2D eigenvalue weighted by Gasteiger charge is 2.31. The second-order valence-corrected chi connectivity index (χ2v) is 6.66. The van der Waals surface area contributed by atoms with Crippen molar-refractivity contribution in [1.29, 1.82) is 0 Å². The van der Waals surface area contributed by atoms with Crippen molar-refractivity contribution in [3.8, 4) is 0 Å². The normalized spacial score (nSPS) is 24.4. The molecule has 7 heteroatoms. The Morgan fingerprint density at radius 2 is 2.31 bits per heavy atom. The zero-order valence-corrected chi connectivity index (χ0v) is 9.71. The number of thiocarbonyl (C=S) groups is 1. The molecule has 1 atom stereocenters. The third kappa shape index (κ3) is 2.72. The van der Waals surface area contributed by atoms with Gasteiger partial charge in [-0.2, -0.15) is 11.8 Å². The molecule has 1 heterocycles. The monoisotopic (exact) mass is 240 g/mol. The first-order valence-corrected chi connectivity index (χ1v) is 7.27. The summed E-state index contributed by atoms with van der Waals surface area (Å²) in [4.78, 5) is 1.58. The van der Waals surface area contributed by atoms with E-state index in [0.717, 1.165) is 5.75 Å². The number of rotatable bonds is 1. The SMILES string of the molecule is CS(=O)(=O)C1CSCCN1C(N)=S. The van der Waals surface area contributed by atoms with Crippen molar-refractivity contribution in [3.63, 3.8) is 0 Å². The average Bonchev–Trinajstić information content (AvgIpc) is 2.03. The zero-order valence-electron chi connectivity index (χ0n) is 7.26. The lowest BCUT2D eigenvalue weighted by Crippen LogP contribution is -2.51. The predicted octanol–water partition coefficient (Wildman–Crippen LogP) is -0.350. The lowest BCUT2D eigenvalue weighted by atomic mass is 10.5. The molecule has 1 fully saturated rings. The standard InChI is InChI=1S/C6H12N2O2S3/c1-13(9,10)5-4-12-3-2-8(5)6(7)11/h5H,2-4H2,1H3,(H2,7,11). The minimum Gasteiger partial charge on any atom is -0.376 e. The van der Waals surface area contributed by atoms with E-state index in [1.165, 1.54) is 6.26 Å². The maximum absolute atomic E-state index is 11.3. The van der Waals surface area contributed by atoms with Gasteiger partial charge in [0.2, 0.25) is 0 Å². The number of nitrogens with two attached hydrogens (primary N) is 1. The first-order valence-electron chi connectivity index (χ1n) is 3.75. The quantitative estimate of drug-likeness (QED) is 0.632. The second kappa shape index (κ2) is 4.02. The molecule has 1 saturated heterocycles. The highest BCUT2D eigenvalue weighted by molar-refractivity contribution is 8.00. The minimum atomic E-state index is -3.08. The summed E-state index contributed by atoms with van der Waals surface area (Å²) in [5, 5.41) is -0.362. The topological polar surface area (TPSA) is 63.4 Å². The summed E-state index contributed by atoms with van der Waals surface area (Å²) in [7, 11) is -3.08. The van der Waals surface area contributed by atoms with Gasteiger partial charge in [0.05, 0.1) is 0 Å². The minimum absolute atomic E-state index is 0.177. The van der Waals surface area contributed by atoms with Crippen molar-refractivity contribution in [2.24, 2.45) is 5.73 Å². The number of sulfone groups is 1. The summed E-state index contributed by atoms with van der Waals surface area (Å²) in [6.45, 7) is 0.623. The summed E-state index contributed by atoms with van der Waals surface area (Å²) >= 11 is 6.41. The van der Waals surface area contributed by atoms with Crippen LogP contribution in [-0.4, -0.2) is 48.1 Å². The molecule has 4 nitrogen and oxygen atoms in total. The van der Waals surface area contributed by atoms with Gasteiger partial charge in [-0.15, -0.1) is 0 Å². The van der Waals surface area contributed by atoms with Gasteiger partial charge in [-0.05, 0) is 12.2 Å². The lowest BCUT2D eigenvalue weighted by molar-refractivity contribution is 0.413. The van der Waals surface area contributed by atoms with Crippen LogP contribution in [0, 0.1) is 0 Å². The maximum Gasteiger partial charge on any atom is 0.169 e. The van der Waals surface area contributed by atoms with Gasteiger partial charge in [0.25, 0.3) is 0 Å². The number of nitrogens with zero attached hydrogens (tertiary/aromatic N) is 1. The summed E-state index contributed by atoms with van der Waals surface area (Å²) < 4.78 is 22.7. The second-order valence-electron chi connectivity index (χ2n) is 2.89. The Kier molecular flexibility index (Phi) is 3.42. The molecule has 0 saturated carbocycles. The molecule has 1 unspecified atom stereocenters. The van der Waals surface area contributed by atoms with Crippen LogP contribution in [0.3, 0.4) is 0 Å². The van der Waals surface area contributed by atoms with Gasteiger partial charge in [-0.3, -0.25) is 0 Å². The highest BCUT2D eigenvalue weighted by Crippen LogP contribution is 2.19. The van der Waals surface area contributed by atoms with E-state index in [0.29, 0.717) is 12.3 Å². The summed E-state index contributed by atoms with van der Waals surface area (Å²) in [5.74, 6) is 1.43. The van der Waals surface area contributed by atoms with Crippen LogP contribution in [-0.2, 0) is 9.84 Å². The van der Waals surface area contributed by atoms with Crippen molar-refractivity contribution in [3.05, 3.63) is 0 Å². The molecular weight excluding hydrogens is 228 g/mol. The summed E-state index contributed by atoms with van der Waals surface area (Å²) in [6.07, 6.45) is 1.22. The first-order chi connectivity index (χ1) is 5.93. The maximum atomic E-state index is 11.3. The Bertz CT molecular complexity index is 301. The molecule has 1 rings (SSSR count). The number of hydrogen-bond donors (Lipinski definition) is 1. The molecule has 0 amide bonds. The van der Waals surface area contributed by atoms with Crippen LogP contribution < -0.4 is 5.73 Å². The fraction of sp³-hybridized carbons (Fsp3) is 0.833. The molecule has 0 aromatic carbocycles. The van der Waals surface area contributed by atoms with Gasteiger partial charge in [-0.25, -0.2) is 8.42 Å². The molecule has 0 bridgehead atoms. The first kappa shape index (κ1) is 11.1. The fourth-order valence-corrected chi connectivity index (χ4v) is 4.31. The van der Waals surface area contributed by atoms with Crippen molar-refractivity contribution in [2.45, 2.75) is 5.37 Å². The molecular formula is C6H12N2O2S3. The highest BCUT2D eigenvalue weighted by atomic mass is 32.2. The number of thioether (sulfide) groups is 1. The van der Waals surface area contributed by atoms with E-state index >= 15 is 0 Å². The van der Waals surface area contributed by atoms with Crippen molar-refractivity contribution in [1.82, 2.24) is 4.90 Å². The Morgan fingerprint density at radius 3 is 2.69 bits per heavy atom. The molecule has 2 N–H and O–H groups in total. The van der Waals surface area contributed by atoms with Gasteiger partial charge >= 0.3 is 0 Å². The van der Waals surface area contributed by atoms with Crippen LogP contribution in [0.25, 0.3) is 0 Å². The smallest absolute Gasteiger partial charge is 0.169 e. The molecule has 76 valence electrons.